The first-order valence-electron chi connectivity index (χ1n) is 3.98. The molecule has 1 atom stereocenters. The van der Waals surface area contributed by atoms with Gasteiger partial charge in [0.25, 0.3) is 0 Å². The van der Waals surface area contributed by atoms with Crippen molar-refractivity contribution in [1.29, 1.82) is 0 Å². The molecular formula is C9H8BrClO2. The maximum atomic E-state index is 9.65. The van der Waals surface area contributed by atoms with Gasteiger partial charge in [-0.1, -0.05) is 27.5 Å². The van der Waals surface area contributed by atoms with Gasteiger partial charge in [0, 0.05) is 16.5 Å². The molecule has 0 fully saturated rings. The minimum atomic E-state index is -0.459. The van der Waals surface area contributed by atoms with Gasteiger partial charge in [-0.05, 0) is 12.1 Å². The molecule has 0 bridgehead atoms. The van der Waals surface area contributed by atoms with Crippen LogP contribution in [0.25, 0.3) is 0 Å². The summed E-state index contributed by atoms with van der Waals surface area (Å²) in [7, 11) is 0. The van der Waals surface area contributed by atoms with E-state index in [1.165, 1.54) is 0 Å². The average molecular weight is 264 g/mol. The van der Waals surface area contributed by atoms with Crippen LogP contribution in [0.4, 0.5) is 0 Å². The summed E-state index contributed by atoms with van der Waals surface area (Å²) in [5, 5.41) is 10.2. The van der Waals surface area contributed by atoms with E-state index in [9.17, 15) is 5.11 Å². The number of halogens is 2. The van der Waals surface area contributed by atoms with Crippen molar-refractivity contribution in [3.05, 3.63) is 27.2 Å². The Hall–Kier alpha value is -0.250. The van der Waals surface area contributed by atoms with Crippen molar-refractivity contribution in [2.75, 3.05) is 6.61 Å². The number of aliphatic hydroxyl groups is 1. The van der Waals surface area contributed by atoms with Crippen molar-refractivity contribution in [2.45, 2.75) is 12.5 Å². The lowest BCUT2D eigenvalue weighted by molar-refractivity contribution is 0.115. The third-order valence-corrected chi connectivity index (χ3v) is 2.77. The molecule has 0 spiro atoms. The first-order valence-corrected chi connectivity index (χ1v) is 5.15. The first kappa shape index (κ1) is 9.31. The van der Waals surface area contributed by atoms with E-state index >= 15 is 0 Å². The quantitative estimate of drug-likeness (QED) is 0.780. The fraction of sp³-hybridized carbons (Fsp3) is 0.333. The third-order valence-electron chi connectivity index (χ3n) is 2.03. The first-order chi connectivity index (χ1) is 6.18. The topological polar surface area (TPSA) is 29.5 Å². The summed E-state index contributed by atoms with van der Waals surface area (Å²) in [5.41, 5.74) is 0.769. The summed E-state index contributed by atoms with van der Waals surface area (Å²) in [4.78, 5) is 0. The highest BCUT2D eigenvalue weighted by atomic mass is 79.9. The molecule has 0 saturated carbocycles. The summed E-state index contributed by atoms with van der Waals surface area (Å²) in [6, 6.07) is 3.60. The summed E-state index contributed by atoms with van der Waals surface area (Å²) < 4.78 is 6.23. The van der Waals surface area contributed by atoms with Crippen LogP contribution < -0.4 is 4.74 Å². The molecule has 2 nitrogen and oxygen atoms in total. The molecule has 70 valence electrons. The van der Waals surface area contributed by atoms with E-state index in [-0.39, 0.29) is 0 Å². The van der Waals surface area contributed by atoms with E-state index in [1.807, 2.05) is 6.07 Å². The smallest absolute Gasteiger partial charge is 0.143 e. The number of fused-ring (bicyclic) bond motifs is 1. The molecule has 0 aromatic heterocycles. The fourth-order valence-electron chi connectivity index (χ4n) is 1.41. The molecule has 0 unspecified atom stereocenters. The van der Waals surface area contributed by atoms with Gasteiger partial charge in [-0.3, -0.25) is 0 Å². The van der Waals surface area contributed by atoms with E-state index < -0.39 is 6.10 Å². The highest BCUT2D eigenvalue weighted by Gasteiger charge is 2.21. The summed E-state index contributed by atoms with van der Waals surface area (Å²) in [6.07, 6.45) is 0.165. The largest absolute Gasteiger partial charge is 0.492 e. The molecule has 0 amide bonds. The lowest BCUT2D eigenvalue weighted by atomic mass is 10.0. The number of aliphatic hydroxyl groups excluding tert-OH is 1. The van der Waals surface area contributed by atoms with Gasteiger partial charge >= 0.3 is 0 Å². The summed E-state index contributed by atoms with van der Waals surface area (Å²) in [5.74, 6) is 0.614. The molecule has 1 aliphatic rings. The zero-order valence-corrected chi connectivity index (χ0v) is 9.10. The van der Waals surface area contributed by atoms with Crippen molar-refractivity contribution in [3.63, 3.8) is 0 Å². The molecule has 13 heavy (non-hydrogen) atoms. The summed E-state index contributed by atoms with van der Waals surface area (Å²) >= 11 is 9.26. The van der Waals surface area contributed by atoms with Crippen LogP contribution in [0.15, 0.2) is 16.6 Å². The minimum absolute atomic E-state index is 0.459. The predicted octanol–water partition coefficient (Wildman–Crippen LogP) is 2.92. The van der Waals surface area contributed by atoms with Crippen LogP contribution in [0, 0.1) is 0 Å². The molecule has 1 heterocycles. The molecule has 1 aromatic carbocycles. The second kappa shape index (κ2) is 3.48. The Kier molecular flexibility index (Phi) is 2.49. The zero-order valence-electron chi connectivity index (χ0n) is 6.76. The summed E-state index contributed by atoms with van der Waals surface area (Å²) in [6.45, 7) is 0.523. The predicted molar refractivity (Wildman–Crippen MR) is 54.2 cm³/mol. The number of hydrogen-bond acceptors (Lipinski definition) is 2. The Morgan fingerprint density at radius 1 is 1.54 bits per heavy atom. The van der Waals surface area contributed by atoms with E-state index in [1.54, 1.807) is 6.07 Å². The number of ether oxygens (including phenoxy) is 1. The normalized spacial score (nSPS) is 20.7. The van der Waals surface area contributed by atoms with E-state index in [2.05, 4.69) is 15.9 Å². The monoisotopic (exact) mass is 262 g/mol. The molecule has 1 N–H and O–H groups in total. The van der Waals surface area contributed by atoms with Gasteiger partial charge < -0.3 is 9.84 Å². The highest BCUT2D eigenvalue weighted by molar-refractivity contribution is 9.10. The number of benzene rings is 1. The van der Waals surface area contributed by atoms with Gasteiger partial charge in [0.2, 0.25) is 0 Å². The highest BCUT2D eigenvalue weighted by Crippen LogP contribution is 2.39. The van der Waals surface area contributed by atoms with Crippen LogP contribution in [0.3, 0.4) is 0 Å². The van der Waals surface area contributed by atoms with Crippen LogP contribution >= 0.6 is 27.5 Å². The Bertz CT molecular complexity index is 341. The number of rotatable bonds is 0. The van der Waals surface area contributed by atoms with Gasteiger partial charge in [0.1, 0.15) is 5.75 Å². The average Bonchev–Trinajstić information content (AvgIpc) is 2.07. The maximum Gasteiger partial charge on any atom is 0.143 e. The molecule has 1 aromatic rings. The Balaban J connectivity index is 2.56. The Morgan fingerprint density at radius 3 is 3.08 bits per heavy atom. The zero-order chi connectivity index (χ0) is 9.42. The van der Waals surface area contributed by atoms with E-state index in [0.29, 0.717) is 23.8 Å². The molecule has 0 aliphatic carbocycles. The van der Waals surface area contributed by atoms with Gasteiger partial charge in [-0.25, -0.2) is 0 Å². The second-order valence-electron chi connectivity index (χ2n) is 2.96. The van der Waals surface area contributed by atoms with Crippen LogP contribution in [-0.4, -0.2) is 11.7 Å². The van der Waals surface area contributed by atoms with Crippen molar-refractivity contribution < 1.29 is 9.84 Å². The maximum absolute atomic E-state index is 9.65. The van der Waals surface area contributed by atoms with Crippen LogP contribution in [0.2, 0.25) is 5.02 Å². The van der Waals surface area contributed by atoms with Crippen molar-refractivity contribution in [2.24, 2.45) is 0 Å². The van der Waals surface area contributed by atoms with Crippen molar-refractivity contribution in [3.8, 4) is 5.75 Å². The SMILES string of the molecule is O[C@@H]1CCOc2c(Cl)cc(Br)cc21. The van der Waals surface area contributed by atoms with Gasteiger partial charge in [0.05, 0.1) is 17.7 Å². The van der Waals surface area contributed by atoms with Crippen molar-refractivity contribution >= 4 is 27.5 Å². The van der Waals surface area contributed by atoms with Crippen LogP contribution in [0.1, 0.15) is 18.1 Å². The van der Waals surface area contributed by atoms with Crippen molar-refractivity contribution in [1.82, 2.24) is 0 Å². The number of hydrogen-bond donors (Lipinski definition) is 1. The van der Waals surface area contributed by atoms with E-state index in [0.717, 1.165) is 10.0 Å². The van der Waals surface area contributed by atoms with Crippen LogP contribution in [0.5, 0.6) is 5.75 Å². The van der Waals surface area contributed by atoms with Crippen LogP contribution in [-0.2, 0) is 0 Å². The van der Waals surface area contributed by atoms with Gasteiger partial charge in [-0.2, -0.15) is 0 Å². The van der Waals surface area contributed by atoms with Gasteiger partial charge in [-0.15, -0.1) is 0 Å². The third kappa shape index (κ3) is 1.68. The molecule has 0 saturated heterocycles. The molecule has 0 radical (unpaired) electrons. The molecule has 1 aliphatic heterocycles. The van der Waals surface area contributed by atoms with E-state index in [4.69, 9.17) is 16.3 Å². The lowest BCUT2D eigenvalue weighted by Gasteiger charge is -2.23. The lowest BCUT2D eigenvalue weighted by Crippen LogP contribution is -2.13. The second-order valence-corrected chi connectivity index (χ2v) is 4.28. The molecule has 4 heteroatoms. The standard InChI is InChI=1S/C9H8BrClO2/c10-5-3-6-8(12)1-2-13-9(6)7(11)4-5/h3-4,8,12H,1-2H2/t8-/m1/s1. The Morgan fingerprint density at radius 2 is 2.31 bits per heavy atom. The Labute approximate surface area is 89.6 Å². The molecular weight excluding hydrogens is 255 g/mol. The minimum Gasteiger partial charge on any atom is -0.492 e. The fourth-order valence-corrected chi connectivity index (χ4v) is 2.30. The van der Waals surface area contributed by atoms with Gasteiger partial charge in [0.15, 0.2) is 0 Å². The molecule has 2 rings (SSSR count).